The average molecular weight is 239 g/mol. The van der Waals surface area contributed by atoms with Crippen LogP contribution in [0.3, 0.4) is 0 Å². The van der Waals surface area contributed by atoms with Crippen molar-refractivity contribution in [2.75, 3.05) is 18.9 Å². The zero-order valence-corrected chi connectivity index (χ0v) is 9.10. The smallest absolute Gasteiger partial charge is 0.352 e. The maximum atomic E-state index is 11.1. The first-order valence-corrected chi connectivity index (χ1v) is 5.30. The molecule has 1 saturated heterocycles. The first-order chi connectivity index (χ1) is 8.09. The van der Waals surface area contributed by atoms with Gasteiger partial charge in [0, 0.05) is 18.8 Å². The van der Waals surface area contributed by atoms with Crippen LogP contribution in [0, 0.1) is 0 Å². The minimum atomic E-state index is -1.20. The Bertz CT molecular complexity index is 491. The van der Waals surface area contributed by atoms with E-state index in [-0.39, 0.29) is 17.4 Å². The molecule has 0 spiro atoms. The molecular formula is C10H13N3O4. The van der Waals surface area contributed by atoms with Crippen LogP contribution in [0.4, 0.5) is 5.82 Å². The van der Waals surface area contributed by atoms with Gasteiger partial charge in [-0.3, -0.25) is 4.98 Å². The van der Waals surface area contributed by atoms with Crippen LogP contribution in [-0.4, -0.2) is 34.3 Å². The Morgan fingerprint density at radius 3 is 2.71 bits per heavy atom. The first kappa shape index (κ1) is 11.6. The zero-order valence-electron chi connectivity index (χ0n) is 9.10. The number of nitrogens with zero attached hydrogens (tertiary/aromatic N) is 1. The number of anilines is 1. The number of hydrogen-bond acceptors (Lipinski definition) is 5. The molecule has 0 amide bonds. The summed E-state index contributed by atoms with van der Waals surface area (Å²) in [5.74, 6) is -1.23. The van der Waals surface area contributed by atoms with E-state index in [1.54, 1.807) is 0 Å². The lowest BCUT2D eigenvalue weighted by Gasteiger charge is -2.23. The summed E-state index contributed by atoms with van der Waals surface area (Å²) >= 11 is 0. The van der Waals surface area contributed by atoms with Crippen molar-refractivity contribution in [2.45, 2.75) is 18.8 Å². The molecule has 0 atom stereocenters. The normalized spacial score (nSPS) is 16.9. The predicted molar refractivity (Wildman–Crippen MR) is 59.0 cm³/mol. The Hall–Kier alpha value is -1.89. The molecule has 0 saturated carbocycles. The maximum absolute atomic E-state index is 11.1. The van der Waals surface area contributed by atoms with E-state index >= 15 is 0 Å². The largest absolute Gasteiger partial charge is 0.477 e. The monoisotopic (exact) mass is 239 g/mol. The van der Waals surface area contributed by atoms with Crippen LogP contribution >= 0.6 is 0 Å². The van der Waals surface area contributed by atoms with E-state index in [2.05, 4.69) is 9.97 Å². The number of nitrogen functional groups attached to an aromatic ring is 1. The van der Waals surface area contributed by atoms with Gasteiger partial charge in [0.25, 0.3) is 0 Å². The van der Waals surface area contributed by atoms with E-state index < -0.39 is 11.7 Å². The Balaban J connectivity index is 2.50. The van der Waals surface area contributed by atoms with Crippen LogP contribution in [-0.2, 0) is 4.74 Å². The summed E-state index contributed by atoms with van der Waals surface area (Å²) < 4.78 is 5.20. The molecule has 1 fully saturated rings. The zero-order chi connectivity index (χ0) is 12.4. The highest BCUT2D eigenvalue weighted by Gasteiger charge is 2.25. The van der Waals surface area contributed by atoms with E-state index in [9.17, 15) is 9.59 Å². The van der Waals surface area contributed by atoms with Gasteiger partial charge in [0.1, 0.15) is 11.5 Å². The molecule has 0 aromatic carbocycles. The fourth-order valence-electron chi connectivity index (χ4n) is 2.07. The standard InChI is InChI=1S/C10H13N3O4/c11-8-6(5-1-3-17-4-2-5)7(9(14)15)12-10(16)13-8/h5H,1-4H2,(H,14,15)(H3,11,12,13,16). The molecule has 7 heteroatoms. The summed E-state index contributed by atoms with van der Waals surface area (Å²) in [6.07, 6.45) is 1.36. The summed E-state index contributed by atoms with van der Waals surface area (Å²) in [6.45, 7) is 1.12. The van der Waals surface area contributed by atoms with Crippen LogP contribution in [0.1, 0.15) is 34.8 Å². The molecule has 1 aromatic rings. The van der Waals surface area contributed by atoms with Crippen LogP contribution in [0.25, 0.3) is 0 Å². The summed E-state index contributed by atoms with van der Waals surface area (Å²) in [5, 5.41) is 9.06. The predicted octanol–water partition coefficient (Wildman–Crippen LogP) is -0.0557. The number of H-pyrrole nitrogens is 1. The molecule has 92 valence electrons. The summed E-state index contributed by atoms with van der Waals surface area (Å²) in [5.41, 5.74) is 5.17. The number of aromatic amines is 1. The van der Waals surface area contributed by atoms with Crippen LogP contribution in [0.2, 0.25) is 0 Å². The van der Waals surface area contributed by atoms with Crippen molar-refractivity contribution in [3.63, 3.8) is 0 Å². The number of hydrogen-bond donors (Lipinski definition) is 3. The van der Waals surface area contributed by atoms with Crippen molar-refractivity contribution in [2.24, 2.45) is 0 Å². The van der Waals surface area contributed by atoms with Crippen LogP contribution in [0.5, 0.6) is 0 Å². The maximum Gasteiger partial charge on any atom is 0.352 e. The van der Waals surface area contributed by atoms with E-state index in [4.69, 9.17) is 15.6 Å². The Labute approximate surface area is 96.6 Å². The third-order valence-electron chi connectivity index (χ3n) is 2.84. The number of ether oxygens (including phenoxy) is 1. The van der Waals surface area contributed by atoms with Crippen molar-refractivity contribution >= 4 is 11.8 Å². The lowest BCUT2D eigenvalue weighted by atomic mass is 9.90. The van der Waals surface area contributed by atoms with Gasteiger partial charge in [0.2, 0.25) is 0 Å². The summed E-state index contributed by atoms with van der Waals surface area (Å²) in [4.78, 5) is 28.0. The number of carboxylic acid groups (broad SMARTS) is 1. The average Bonchev–Trinajstić information content (AvgIpc) is 2.29. The molecule has 17 heavy (non-hydrogen) atoms. The first-order valence-electron chi connectivity index (χ1n) is 5.30. The van der Waals surface area contributed by atoms with Gasteiger partial charge < -0.3 is 15.6 Å². The van der Waals surface area contributed by atoms with Crippen molar-refractivity contribution < 1.29 is 14.6 Å². The van der Waals surface area contributed by atoms with E-state index in [1.165, 1.54) is 0 Å². The van der Waals surface area contributed by atoms with Gasteiger partial charge in [0.05, 0.1) is 0 Å². The number of aromatic nitrogens is 2. The second-order valence-electron chi connectivity index (χ2n) is 3.91. The number of nitrogens with two attached hydrogens (primary N) is 1. The van der Waals surface area contributed by atoms with Crippen molar-refractivity contribution in [1.82, 2.24) is 9.97 Å². The van der Waals surface area contributed by atoms with Crippen LogP contribution < -0.4 is 11.4 Å². The molecular weight excluding hydrogens is 226 g/mol. The second-order valence-corrected chi connectivity index (χ2v) is 3.91. The van der Waals surface area contributed by atoms with Gasteiger partial charge in [-0.2, -0.15) is 4.98 Å². The Morgan fingerprint density at radius 2 is 2.12 bits per heavy atom. The molecule has 1 aliphatic heterocycles. The highest BCUT2D eigenvalue weighted by molar-refractivity contribution is 5.88. The molecule has 2 heterocycles. The SMILES string of the molecule is Nc1nc(=O)[nH]c(C(=O)O)c1C1CCOCC1. The Morgan fingerprint density at radius 1 is 1.47 bits per heavy atom. The van der Waals surface area contributed by atoms with Gasteiger partial charge in [0.15, 0.2) is 0 Å². The highest BCUT2D eigenvalue weighted by atomic mass is 16.5. The van der Waals surface area contributed by atoms with Gasteiger partial charge in [-0.15, -0.1) is 0 Å². The topological polar surface area (TPSA) is 118 Å². The van der Waals surface area contributed by atoms with E-state index in [1.807, 2.05) is 0 Å². The molecule has 2 rings (SSSR count). The fourth-order valence-corrected chi connectivity index (χ4v) is 2.07. The van der Waals surface area contributed by atoms with Crippen LogP contribution in [0.15, 0.2) is 4.79 Å². The number of nitrogens with one attached hydrogen (secondary N) is 1. The van der Waals surface area contributed by atoms with E-state index in [0.717, 1.165) is 0 Å². The molecule has 0 bridgehead atoms. The van der Waals surface area contributed by atoms with E-state index in [0.29, 0.717) is 31.6 Å². The fraction of sp³-hybridized carbons (Fsp3) is 0.500. The van der Waals surface area contributed by atoms with Crippen molar-refractivity contribution in [3.05, 3.63) is 21.7 Å². The van der Waals surface area contributed by atoms with Crippen molar-refractivity contribution in [3.8, 4) is 0 Å². The number of rotatable bonds is 2. The molecule has 0 radical (unpaired) electrons. The minimum absolute atomic E-state index is 0.00181. The summed E-state index contributed by atoms with van der Waals surface area (Å²) in [6, 6.07) is 0. The lowest BCUT2D eigenvalue weighted by molar-refractivity contribution is 0.0677. The molecule has 1 aliphatic rings. The number of carboxylic acids is 1. The molecule has 0 unspecified atom stereocenters. The Kier molecular flexibility index (Phi) is 3.10. The van der Waals surface area contributed by atoms with Gasteiger partial charge in [-0.05, 0) is 18.8 Å². The van der Waals surface area contributed by atoms with Crippen molar-refractivity contribution in [1.29, 1.82) is 0 Å². The molecule has 7 nitrogen and oxygen atoms in total. The highest BCUT2D eigenvalue weighted by Crippen LogP contribution is 2.31. The molecule has 4 N–H and O–H groups in total. The van der Waals surface area contributed by atoms with Gasteiger partial charge >= 0.3 is 11.7 Å². The molecule has 1 aromatic heterocycles. The number of aromatic carboxylic acids is 1. The van der Waals surface area contributed by atoms with Gasteiger partial charge in [-0.25, -0.2) is 9.59 Å². The third-order valence-corrected chi connectivity index (χ3v) is 2.84. The second kappa shape index (κ2) is 4.54. The van der Waals surface area contributed by atoms with Gasteiger partial charge in [-0.1, -0.05) is 0 Å². The number of carbonyl (C=O) groups is 1. The molecule has 0 aliphatic carbocycles. The quantitative estimate of drug-likeness (QED) is 0.665. The minimum Gasteiger partial charge on any atom is -0.477 e. The third kappa shape index (κ3) is 2.28. The lowest BCUT2D eigenvalue weighted by Crippen LogP contribution is -2.25. The summed E-state index contributed by atoms with van der Waals surface area (Å²) in [7, 11) is 0.